The molecule has 0 atom stereocenters. The first-order valence-electron chi connectivity index (χ1n) is 17.7. The molecule has 0 saturated heterocycles. The van der Waals surface area contributed by atoms with Gasteiger partial charge in [0.15, 0.2) is 0 Å². The van der Waals surface area contributed by atoms with Gasteiger partial charge in [-0.25, -0.2) is 0 Å². The first kappa shape index (κ1) is 27.7. The fraction of sp³-hybridized carbons (Fsp3) is 0. The molecule has 4 aromatic heterocycles. The summed E-state index contributed by atoms with van der Waals surface area (Å²) in [6.07, 6.45) is 0. The topological polar surface area (TPSA) is 36.1 Å². The van der Waals surface area contributed by atoms with Crippen LogP contribution in [0.2, 0.25) is 0 Å². The van der Waals surface area contributed by atoms with Crippen molar-refractivity contribution in [2.24, 2.45) is 0 Å². The molecule has 0 unspecified atom stereocenters. The van der Waals surface area contributed by atoms with Crippen LogP contribution in [0.3, 0.4) is 0 Å². The molecule has 0 aliphatic carbocycles. The minimum absolute atomic E-state index is 0.896. The van der Waals surface area contributed by atoms with Crippen LogP contribution in [0, 0.1) is 0 Å². The van der Waals surface area contributed by atoms with Crippen molar-refractivity contribution in [3.63, 3.8) is 0 Å². The van der Waals surface area contributed by atoms with Crippen molar-refractivity contribution in [3.05, 3.63) is 170 Å². The third kappa shape index (κ3) is 3.75. The number of hydrogen-bond donors (Lipinski definition) is 0. The van der Waals surface area contributed by atoms with Gasteiger partial charge >= 0.3 is 0 Å². The lowest BCUT2D eigenvalue weighted by molar-refractivity contribution is 0.669. The Hall–Kier alpha value is -7.04. The van der Waals surface area contributed by atoms with Crippen molar-refractivity contribution in [2.45, 2.75) is 0 Å². The summed E-state index contributed by atoms with van der Waals surface area (Å²) in [6.45, 7) is 0. The molecule has 52 heavy (non-hydrogen) atoms. The molecular formula is C48H28N2O2. The van der Waals surface area contributed by atoms with Gasteiger partial charge in [0.25, 0.3) is 0 Å². The van der Waals surface area contributed by atoms with Crippen LogP contribution in [-0.2, 0) is 0 Å². The number of rotatable bonds is 3. The Morgan fingerprint density at radius 3 is 1.65 bits per heavy atom. The van der Waals surface area contributed by atoms with E-state index < -0.39 is 0 Å². The summed E-state index contributed by atoms with van der Waals surface area (Å²) >= 11 is 0. The third-order valence-electron chi connectivity index (χ3n) is 10.9. The zero-order valence-corrected chi connectivity index (χ0v) is 27.9. The van der Waals surface area contributed by atoms with Gasteiger partial charge < -0.3 is 18.0 Å². The highest BCUT2D eigenvalue weighted by Gasteiger charge is 2.21. The molecule has 12 rings (SSSR count). The minimum Gasteiger partial charge on any atom is -0.456 e. The molecule has 0 amide bonds. The summed E-state index contributed by atoms with van der Waals surface area (Å²) < 4.78 is 17.5. The summed E-state index contributed by atoms with van der Waals surface area (Å²) in [7, 11) is 0. The van der Waals surface area contributed by atoms with Crippen molar-refractivity contribution in [1.29, 1.82) is 0 Å². The van der Waals surface area contributed by atoms with E-state index in [1.165, 1.54) is 27.1 Å². The van der Waals surface area contributed by atoms with E-state index in [4.69, 9.17) is 8.83 Å². The normalized spacial score (nSPS) is 12.2. The Kier molecular flexibility index (Phi) is 5.47. The molecule has 4 nitrogen and oxygen atoms in total. The lowest BCUT2D eigenvalue weighted by Gasteiger charge is -2.10. The van der Waals surface area contributed by atoms with Crippen LogP contribution in [0.15, 0.2) is 179 Å². The highest BCUT2D eigenvalue weighted by atomic mass is 16.3. The number of hydrogen-bond acceptors (Lipinski definition) is 2. The first-order chi connectivity index (χ1) is 25.8. The molecule has 0 aliphatic rings. The van der Waals surface area contributed by atoms with Crippen LogP contribution in [0.5, 0.6) is 0 Å². The van der Waals surface area contributed by atoms with Gasteiger partial charge in [0.2, 0.25) is 0 Å². The lowest BCUT2D eigenvalue weighted by atomic mass is 9.99. The molecule has 4 heteroatoms. The second kappa shape index (κ2) is 10.3. The van der Waals surface area contributed by atoms with E-state index >= 15 is 0 Å². The maximum absolute atomic E-state index is 6.38. The van der Waals surface area contributed by atoms with Crippen molar-refractivity contribution in [1.82, 2.24) is 9.13 Å². The number of fused-ring (bicyclic) bond motifs is 13. The fourth-order valence-corrected chi connectivity index (χ4v) is 8.63. The second-order valence-electron chi connectivity index (χ2n) is 13.7. The SMILES string of the molecule is c1ccc(-n2c3ccc(-c4ccc5c6c7c(ccc6n(-c6ccccc6)c5c4)oc4ccccc47)cc3c3cc4c(cc32)oc2ccccc24)cc1. The number of benzene rings is 8. The average molecular weight is 665 g/mol. The zero-order chi connectivity index (χ0) is 33.9. The highest BCUT2D eigenvalue weighted by Crippen LogP contribution is 2.44. The first-order valence-corrected chi connectivity index (χ1v) is 17.7. The van der Waals surface area contributed by atoms with Gasteiger partial charge in [-0.15, -0.1) is 0 Å². The number of furan rings is 2. The average Bonchev–Trinajstić information content (AvgIpc) is 3.94. The van der Waals surface area contributed by atoms with Crippen LogP contribution < -0.4 is 0 Å². The predicted octanol–water partition coefficient (Wildman–Crippen LogP) is 13.3. The molecule has 8 aromatic carbocycles. The van der Waals surface area contributed by atoms with Gasteiger partial charge in [0.05, 0.1) is 22.1 Å². The van der Waals surface area contributed by atoms with Gasteiger partial charge in [-0.1, -0.05) is 91.0 Å². The van der Waals surface area contributed by atoms with Gasteiger partial charge in [-0.2, -0.15) is 0 Å². The number of para-hydroxylation sites is 4. The van der Waals surface area contributed by atoms with E-state index in [0.717, 1.165) is 82.9 Å². The van der Waals surface area contributed by atoms with E-state index in [1.807, 2.05) is 18.2 Å². The highest BCUT2D eigenvalue weighted by molar-refractivity contribution is 6.27. The molecule has 4 heterocycles. The summed E-state index contributed by atoms with van der Waals surface area (Å²) in [5, 5.41) is 9.39. The number of nitrogens with zero attached hydrogens (tertiary/aromatic N) is 2. The Bertz CT molecular complexity index is 3400. The van der Waals surface area contributed by atoms with Crippen molar-refractivity contribution < 1.29 is 8.83 Å². The zero-order valence-electron chi connectivity index (χ0n) is 27.9. The van der Waals surface area contributed by atoms with Crippen molar-refractivity contribution in [3.8, 4) is 22.5 Å². The molecule has 0 N–H and O–H groups in total. The van der Waals surface area contributed by atoms with E-state index in [2.05, 4.69) is 161 Å². The molecule has 242 valence electrons. The summed E-state index contributed by atoms with van der Waals surface area (Å²) in [6, 6.07) is 60.6. The molecule has 0 saturated carbocycles. The monoisotopic (exact) mass is 664 g/mol. The Morgan fingerprint density at radius 1 is 0.288 bits per heavy atom. The Labute approximate surface area is 296 Å². The largest absolute Gasteiger partial charge is 0.456 e. The van der Waals surface area contributed by atoms with Gasteiger partial charge in [0.1, 0.15) is 22.3 Å². The van der Waals surface area contributed by atoms with E-state index in [0.29, 0.717) is 0 Å². The van der Waals surface area contributed by atoms with E-state index in [-0.39, 0.29) is 0 Å². The Balaban J connectivity index is 1.15. The molecule has 0 radical (unpaired) electrons. The lowest BCUT2D eigenvalue weighted by Crippen LogP contribution is -1.93. The fourth-order valence-electron chi connectivity index (χ4n) is 8.63. The Morgan fingerprint density at radius 2 is 0.865 bits per heavy atom. The standard InChI is InChI=1S/C48H28N2O2/c1-3-11-31(12-4-1)49-39-22-20-29(25-36(39)37-27-38-33-15-7-9-17-43(33)52-46(38)28-42(37)49)30-19-21-34-41(26-30)50(32-13-5-2-6-14-32)40-23-24-45-48(47(34)40)35-16-8-10-18-44(35)51-45/h1-28H. The van der Waals surface area contributed by atoms with Crippen molar-refractivity contribution in [2.75, 3.05) is 0 Å². The van der Waals surface area contributed by atoms with Crippen LogP contribution in [0.25, 0.3) is 110 Å². The van der Waals surface area contributed by atoms with Gasteiger partial charge in [-0.3, -0.25) is 0 Å². The molecule has 0 bridgehead atoms. The molecule has 0 aliphatic heterocycles. The third-order valence-corrected chi connectivity index (χ3v) is 10.9. The molecular weight excluding hydrogens is 637 g/mol. The smallest absolute Gasteiger partial charge is 0.137 e. The summed E-state index contributed by atoms with van der Waals surface area (Å²) in [5.41, 5.74) is 12.8. The molecule has 12 aromatic rings. The summed E-state index contributed by atoms with van der Waals surface area (Å²) in [5.74, 6) is 0. The van der Waals surface area contributed by atoms with Crippen molar-refractivity contribution >= 4 is 87.5 Å². The minimum atomic E-state index is 0.896. The second-order valence-corrected chi connectivity index (χ2v) is 13.7. The van der Waals surface area contributed by atoms with Crippen LogP contribution in [0.1, 0.15) is 0 Å². The molecule has 0 fully saturated rings. The summed E-state index contributed by atoms with van der Waals surface area (Å²) in [4.78, 5) is 0. The van der Waals surface area contributed by atoms with Crippen LogP contribution >= 0.6 is 0 Å². The quantitative estimate of drug-likeness (QED) is 0.188. The van der Waals surface area contributed by atoms with Gasteiger partial charge in [-0.05, 0) is 83.9 Å². The van der Waals surface area contributed by atoms with Crippen LogP contribution in [-0.4, -0.2) is 9.13 Å². The maximum atomic E-state index is 6.38. The van der Waals surface area contributed by atoms with Gasteiger partial charge in [0, 0.05) is 60.5 Å². The van der Waals surface area contributed by atoms with Crippen LogP contribution in [0.4, 0.5) is 0 Å². The van der Waals surface area contributed by atoms with E-state index in [9.17, 15) is 0 Å². The van der Waals surface area contributed by atoms with E-state index in [1.54, 1.807) is 0 Å². The molecule has 0 spiro atoms. The number of aromatic nitrogens is 2. The predicted molar refractivity (Wildman–Crippen MR) is 215 cm³/mol. The maximum Gasteiger partial charge on any atom is 0.137 e.